The number of nitrogens with one attached hydrogen (secondary N) is 1. The van der Waals surface area contributed by atoms with Gasteiger partial charge in [0.1, 0.15) is 6.04 Å². The van der Waals surface area contributed by atoms with E-state index >= 15 is 0 Å². The molecule has 8 heteroatoms. The zero-order valence-corrected chi connectivity index (χ0v) is 10.2. The fourth-order valence-corrected chi connectivity index (χ4v) is 1.28. The highest BCUT2D eigenvalue weighted by atomic mass is 16.5. The average Bonchev–Trinajstić information content (AvgIpc) is 2.80. The number of carbonyl (C=O) groups is 2. The minimum Gasteiger partial charge on any atom is -0.467 e. The van der Waals surface area contributed by atoms with E-state index in [2.05, 4.69) is 15.2 Å². The highest BCUT2D eigenvalue weighted by Crippen LogP contribution is 2.08. The lowest BCUT2D eigenvalue weighted by atomic mass is 10.1. The van der Waals surface area contributed by atoms with Gasteiger partial charge in [0.15, 0.2) is 6.10 Å². The molecule has 0 bridgehead atoms. The average molecular weight is 256 g/mol. The molecule has 1 aromatic rings. The van der Waals surface area contributed by atoms with E-state index in [1.54, 1.807) is 13.2 Å². The number of methoxy groups -OCH3 is 1. The molecule has 0 aromatic carbocycles. The number of aryl methyl sites for hydroxylation is 1. The lowest BCUT2D eigenvalue weighted by Crippen LogP contribution is -2.41. The number of ether oxygens (including phenoxy) is 1. The van der Waals surface area contributed by atoms with E-state index in [0.29, 0.717) is 5.56 Å². The second-order valence-electron chi connectivity index (χ2n) is 3.71. The highest BCUT2D eigenvalue weighted by molar-refractivity contribution is 5.83. The first-order valence-corrected chi connectivity index (χ1v) is 5.23. The summed E-state index contributed by atoms with van der Waals surface area (Å²) in [6.45, 7) is -0.251. The van der Waals surface area contributed by atoms with Gasteiger partial charge in [0, 0.05) is 18.8 Å². The van der Waals surface area contributed by atoms with Gasteiger partial charge in [-0.05, 0) is 0 Å². The minimum absolute atomic E-state index is 0.251. The number of rotatable bonds is 5. The Morgan fingerprint density at radius 3 is 2.83 bits per heavy atom. The molecule has 1 heterocycles. The monoisotopic (exact) mass is 256 g/mol. The lowest BCUT2D eigenvalue weighted by molar-refractivity contribution is -0.150. The molecule has 2 atom stereocenters. The van der Waals surface area contributed by atoms with Gasteiger partial charge in [0.25, 0.3) is 0 Å². The van der Waals surface area contributed by atoms with Crippen LogP contribution >= 0.6 is 0 Å². The molecule has 2 unspecified atom stereocenters. The van der Waals surface area contributed by atoms with Crippen LogP contribution in [0.3, 0.4) is 0 Å². The summed E-state index contributed by atoms with van der Waals surface area (Å²) in [5.74, 6) is -1.32. The normalized spacial score (nSPS) is 13.8. The van der Waals surface area contributed by atoms with E-state index in [1.165, 1.54) is 10.9 Å². The molecule has 1 aromatic heterocycles. The topological polar surface area (TPSA) is 119 Å². The molecular weight excluding hydrogens is 240 g/mol. The van der Waals surface area contributed by atoms with Crippen LogP contribution in [0.2, 0.25) is 0 Å². The van der Waals surface area contributed by atoms with E-state index in [1.807, 2.05) is 0 Å². The number of esters is 1. The molecule has 0 saturated carbocycles. The number of hydrogen-bond donors (Lipinski definition) is 3. The van der Waals surface area contributed by atoms with Crippen LogP contribution < -0.4 is 11.1 Å². The van der Waals surface area contributed by atoms with Gasteiger partial charge in [-0.15, -0.1) is 0 Å². The maximum Gasteiger partial charge on any atom is 0.336 e. The van der Waals surface area contributed by atoms with Crippen LogP contribution in [0.15, 0.2) is 12.4 Å². The molecular formula is C10H16N4O4. The number of nitrogens with zero attached hydrogens (tertiary/aromatic N) is 2. The predicted octanol–water partition coefficient (Wildman–Crippen LogP) is -1.93. The first-order chi connectivity index (χ1) is 8.45. The van der Waals surface area contributed by atoms with Crippen molar-refractivity contribution in [3.63, 3.8) is 0 Å². The molecule has 0 aliphatic rings. The van der Waals surface area contributed by atoms with Crippen LogP contribution in [0.5, 0.6) is 0 Å². The van der Waals surface area contributed by atoms with Crippen molar-refractivity contribution in [1.29, 1.82) is 0 Å². The summed E-state index contributed by atoms with van der Waals surface area (Å²) in [5.41, 5.74) is 6.23. The molecule has 4 N–H and O–H groups in total. The van der Waals surface area contributed by atoms with E-state index in [4.69, 9.17) is 5.73 Å². The number of carbonyl (C=O) groups excluding carboxylic acids is 2. The molecule has 0 radical (unpaired) electrons. The van der Waals surface area contributed by atoms with Crippen LogP contribution in [0.4, 0.5) is 0 Å². The van der Waals surface area contributed by atoms with E-state index in [-0.39, 0.29) is 6.54 Å². The summed E-state index contributed by atoms with van der Waals surface area (Å²) in [6, 6.07) is -0.899. The maximum absolute atomic E-state index is 11.6. The Kier molecular flexibility index (Phi) is 4.81. The number of amides is 1. The van der Waals surface area contributed by atoms with Crippen molar-refractivity contribution < 1.29 is 19.4 Å². The first kappa shape index (κ1) is 14.1. The van der Waals surface area contributed by atoms with Crippen LogP contribution in [-0.2, 0) is 21.4 Å². The van der Waals surface area contributed by atoms with Crippen molar-refractivity contribution in [3.05, 3.63) is 18.0 Å². The number of hydrogen-bond acceptors (Lipinski definition) is 6. The van der Waals surface area contributed by atoms with Crippen LogP contribution in [0.25, 0.3) is 0 Å². The van der Waals surface area contributed by atoms with Gasteiger partial charge in [-0.3, -0.25) is 9.48 Å². The van der Waals surface area contributed by atoms with E-state index in [0.717, 1.165) is 7.11 Å². The fourth-order valence-electron chi connectivity index (χ4n) is 1.28. The SMILES string of the molecule is COC(=O)C(O)CNC(=O)C(N)c1cnn(C)c1. The first-order valence-electron chi connectivity index (χ1n) is 5.23. The molecule has 0 spiro atoms. The zero-order chi connectivity index (χ0) is 13.7. The smallest absolute Gasteiger partial charge is 0.336 e. The van der Waals surface area contributed by atoms with Gasteiger partial charge < -0.3 is 20.9 Å². The Bertz CT molecular complexity index is 431. The second-order valence-corrected chi connectivity index (χ2v) is 3.71. The highest BCUT2D eigenvalue weighted by Gasteiger charge is 2.20. The third kappa shape index (κ3) is 3.54. The van der Waals surface area contributed by atoms with Gasteiger partial charge in [-0.25, -0.2) is 4.79 Å². The summed E-state index contributed by atoms with van der Waals surface area (Å²) in [6.07, 6.45) is 1.68. The molecule has 1 rings (SSSR count). The van der Waals surface area contributed by atoms with Crippen LogP contribution in [-0.4, -0.2) is 46.5 Å². The molecule has 8 nitrogen and oxygen atoms in total. The lowest BCUT2D eigenvalue weighted by Gasteiger charge is -2.12. The third-order valence-corrected chi connectivity index (χ3v) is 2.31. The third-order valence-electron chi connectivity index (χ3n) is 2.31. The Balaban J connectivity index is 2.48. The minimum atomic E-state index is -1.40. The molecule has 0 fully saturated rings. The maximum atomic E-state index is 11.6. The Labute approximate surface area is 104 Å². The van der Waals surface area contributed by atoms with Crippen molar-refractivity contribution in [2.45, 2.75) is 12.1 Å². The summed E-state index contributed by atoms with van der Waals surface area (Å²) < 4.78 is 5.83. The van der Waals surface area contributed by atoms with Crippen LogP contribution in [0.1, 0.15) is 11.6 Å². The van der Waals surface area contributed by atoms with Crippen molar-refractivity contribution >= 4 is 11.9 Å². The Morgan fingerprint density at radius 1 is 1.67 bits per heavy atom. The number of aliphatic hydroxyl groups is 1. The second kappa shape index (κ2) is 6.12. The van der Waals surface area contributed by atoms with Crippen molar-refractivity contribution in [2.24, 2.45) is 12.8 Å². The van der Waals surface area contributed by atoms with Gasteiger partial charge in [-0.1, -0.05) is 0 Å². The summed E-state index contributed by atoms with van der Waals surface area (Å²) in [7, 11) is 2.85. The Morgan fingerprint density at radius 2 is 2.33 bits per heavy atom. The standard InChI is InChI=1S/C10H16N4O4/c1-14-5-6(3-13-14)8(11)9(16)12-4-7(15)10(17)18-2/h3,5,7-8,15H,4,11H2,1-2H3,(H,12,16). The van der Waals surface area contributed by atoms with E-state index < -0.39 is 24.0 Å². The predicted molar refractivity (Wildman–Crippen MR) is 61.2 cm³/mol. The van der Waals surface area contributed by atoms with Gasteiger partial charge in [-0.2, -0.15) is 5.10 Å². The molecule has 0 aliphatic heterocycles. The van der Waals surface area contributed by atoms with Gasteiger partial charge in [0.2, 0.25) is 5.91 Å². The number of aliphatic hydroxyl groups excluding tert-OH is 1. The van der Waals surface area contributed by atoms with Crippen molar-refractivity contribution in [3.8, 4) is 0 Å². The molecule has 0 saturated heterocycles. The molecule has 0 aliphatic carbocycles. The molecule has 1 amide bonds. The van der Waals surface area contributed by atoms with Gasteiger partial charge in [0.05, 0.1) is 19.9 Å². The summed E-state index contributed by atoms with van der Waals surface area (Å²) in [4.78, 5) is 22.5. The molecule has 18 heavy (non-hydrogen) atoms. The zero-order valence-electron chi connectivity index (χ0n) is 10.2. The number of nitrogens with two attached hydrogens (primary N) is 1. The quantitative estimate of drug-likeness (QED) is 0.528. The largest absolute Gasteiger partial charge is 0.467 e. The van der Waals surface area contributed by atoms with Crippen molar-refractivity contribution in [2.75, 3.05) is 13.7 Å². The van der Waals surface area contributed by atoms with Crippen molar-refractivity contribution in [1.82, 2.24) is 15.1 Å². The van der Waals surface area contributed by atoms with Crippen LogP contribution in [0, 0.1) is 0 Å². The Hall–Kier alpha value is -1.93. The summed E-state index contributed by atoms with van der Waals surface area (Å²) >= 11 is 0. The van der Waals surface area contributed by atoms with Gasteiger partial charge >= 0.3 is 5.97 Å². The fraction of sp³-hybridized carbons (Fsp3) is 0.500. The van der Waals surface area contributed by atoms with E-state index in [9.17, 15) is 14.7 Å². The molecule has 100 valence electrons. The summed E-state index contributed by atoms with van der Waals surface area (Å²) in [5, 5.41) is 15.5. The number of aromatic nitrogens is 2.